The SMILES string of the molecule is O=C(NCCOc1ccc(Cl)cc1)C1CCN(Cc2cccc(Cl)c2Cl)CC1. The summed E-state index contributed by atoms with van der Waals surface area (Å²) >= 11 is 18.2. The van der Waals surface area contributed by atoms with Crippen molar-refractivity contribution in [1.82, 2.24) is 10.2 Å². The lowest BCUT2D eigenvalue weighted by Gasteiger charge is -2.31. The van der Waals surface area contributed by atoms with Gasteiger partial charge < -0.3 is 10.1 Å². The van der Waals surface area contributed by atoms with Crippen molar-refractivity contribution in [3.05, 3.63) is 63.1 Å². The fraction of sp³-hybridized carbons (Fsp3) is 0.381. The number of nitrogens with zero attached hydrogens (tertiary/aromatic N) is 1. The van der Waals surface area contributed by atoms with Crippen molar-refractivity contribution in [3.63, 3.8) is 0 Å². The summed E-state index contributed by atoms with van der Waals surface area (Å²) < 4.78 is 5.60. The van der Waals surface area contributed by atoms with E-state index in [1.807, 2.05) is 24.3 Å². The average Bonchev–Trinajstić information content (AvgIpc) is 2.70. The number of carbonyl (C=O) groups is 1. The highest BCUT2D eigenvalue weighted by Gasteiger charge is 2.25. The number of hydrogen-bond donors (Lipinski definition) is 1. The Kier molecular flexibility index (Phi) is 7.86. The highest BCUT2D eigenvalue weighted by molar-refractivity contribution is 6.42. The smallest absolute Gasteiger partial charge is 0.223 e. The zero-order chi connectivity index (χ0) is 19.9. The Balaban J connectivity index is 1.36. The molecule has 0 aromatic heterocycles. The minimum atomic E-state index is 0.0432. The van der Waals surface area contributed by atoms with Crippen LogP contribution in [0.4, 0.5) is 0 Å². The molecule has 1 fully saturated rings. The van der Waals surface area contributed by atoms with Gasteiger partial charge in [0.2, 0.25) is 5.91 Å². The minimum Gasteiger partial charge on any atom is -0.492 e. The molecule has 7 heteroatoms. The zero-order valence-electron chi connectivity index (χ0n) is 15.5. The predicted molar refractivity (Wildman–Crippen MR) is 114 cm³/mol. The maximum absolute atomic E-state index is 12.4. The van der Waals surface area contributed by atoms with Crippen LogP contribution < -0.4 is 10.1 Å². The van der Waals surface area contributed by atoms with Crippen molar-refractivity contribution >= 4 is 40.7 Å². The van der Waals surface area contributed by atoms with Gasteiger partial charge in [-0.25, -0.2) is 0 Å². The minimum absolute atomic E-state index is 0.0432. The molecule has 0 radical (unpaired) electrons. The van der Waals surface area contributed by atoms with E-state index in [0.29, 0.717) is 28.2 Å². The van der Waals surface area contributed by atoms with E-state index in [1.54, 1.807) is 18.2 Å². The Bertz CT molecular complexity index is 791. The molecule has 150 valence electrons. The largest absolute Gasteiger partial charge is 0.492 e. The van der Waals surface area contributed by atoms with E-state index in [9.17, 15) is 4.79 Å². The van der Waals surface area contributed by atoms with E-state index in [4.69, 9.17) is 39.5 Å². The van der Waals surface area contributed by atoms with Crippen LogP contribution in [0.2, 0.25) is 15.1 Å². The molecule has 0 bridgehead atoms. The number of halogens is 3. The third kappa shape index (κ3) is 6.02. The highest BCUT2D eigenvalue weighted by atomic mass is 35.5. The summed E-state index contributed by atoms with van der Waals surface area (Å²) in [6.45, 7) is 3.40. The van der Waals surface area contributed by atoms with Crippen LogP contribution in [0.1, 0.15) is 18.4 Å². The van der Waals surface area contributed by atoms with Gasteiger partial charge in [0.1, 0.15) is 12.4 Å². The maximum atomic E-state index is 12.4. The molecule has 0 saturated carbocycles. The van der Waals surface area contributed by atoms with E-state index in [0.717, 1.165) is 43.8 Å². The van der Waals surface area contributed by atoms with Crippen molar-refractivity contribution in [2.24, 2.45) is 5.92 Å². The van der Waals surface area contributed by atoms with E-state index in [1.165, 1.54) is 0 Å². The first-order valence-corrected chi connectivity index (χ1v) is 10.5. The number of likely N-dealkylation sites (tertiary alicyclic amines) is 1. The number of rotatable bonds is 7. The maximum Gasteiger partial charge on any atom is 0.223 e. The summed E-state index contributed by atoms with van der Waals surface area (Å²) in [6.07, 6.45) is 1.67. The molecule has 1 aliphatic rings. The van der Waals surface area contributed by atoms with Crippen LogP contribution >= 0.6 is 34.8 Å². The van der Waals surface area contributed by atoms with Gasteiger partial charge in [0, 0.05) is 17.5 Å². The number of nitrogens with one attached hydrogen (secondary N) is 1. The molecule has 0 aliphatic carbocycles. The molecule has 2 aromatic carbocycles. The third-order valence-electron chi connectivity index (χ3n) is 4.87. The molecule has 2 aromatic rings. The van der Waals surface area contributed by atoms with Crippen LogP contribution in [0.3, 0.4) is 0 Å². The number of piperidine rings is 1. The predicted octanol–water partition coefficient (Wildman–Crippen LogP) is 5.05. The van der Waals surface area contributed by atoms with Crippen molar-refractivity contribution in [2.75, 3.05) is 26.2 Å². The van der Waals surface area contributed by atoms with Gasteiger partial charge in [-0.2, -0.15) is 0 Å². The normalized spacial score (nSPS) is 15.4. The van der Waals surface area contributed by atoms with Crippen molar-refractivity contribution < 1.29 is 9.53 Å². The molecular weight excluding hydrogens is 419 g/mol. The Morgan fingerprint density at radius 1 is 1.07 bits per heavy atom. The van der Waals surface area contributed by atoms with Crippen LogP contribution in [0, 0.1) is 5.92 Å². The zero-order valence-corrected chi connectivity index (χ0v) is 17.7. The standard InChI is InChI=1S/C21H23Cl3N2O2/c22-17-4-6-18(7-5-17)28-13-10-25-21(27)15-8-11-26(12-9-15)14-16-2-1-3-19(23)20(16)24/h1-7,15H,8-14H2,(H,25,27). The van der Waals surface area contributed by atoms with Crippen LogP contribution in [-0.2, 0) is 11.3 Å². The van der Waals surface area contributed by atoms with Gasteiger partial charge in [-0.05, 0) is 61.8 Å². The van der Waals surface area contributed by atoms with Crippen LogP contribution in [0.5, 0.6) is 5.75 Å². The first kappa shape index (κ1) is 21.3. The summed E-state index contributed by atoms with van der Waals surface area (Å²) in [5, 5.41) is 4.83. The topological polar surface area (TPSA) is 41.6 Å². The van der Waals surface area contributed by atoms with Gasteiger partial charge in [0.25, 0.3) is 0 Å². The van der Waals surface area contributed by atoms with E-state index < -0.39 is 0 Å². The van der Waals surface area contributed by atoms with Gasteiger partial charge in [-0.1, -0.05) is 46.9 Å². The van der Waals surface area contributed by atoms with Crippen molar-refractivity contribution in [2.45, 2.75) is 19.4 Å². The second-order valence-electron chi connectivity index (χ2n) is 6.86. The van der Waals surface area contributed by atoms with Crippen LogP contribution in [0.15, 0.2) is 42.5 Å². The molecule has 1 aliphatic heterocycles. The van der Waals surface area contributed by atoms with E-state index >= 15 is 0 Å². The lowest BCUT2D eigenvalue weighted by atomic mass is 9.95. The number of amides is 1. The van der Waals surface area contributed by atoms with Crippen molar-refractivity contribution in [1.29, 1.82) is 0 Å². The molecule has 0 atom stereocenters. The Labute approximate surface area is 180 Å². The molecule has 0 unspecified atom stereocenters. The monoisotopic (exact) mass is 440 g/mol. The van der Waals surface area contributed by atoms with Gasteiger partial charge in [0.05, 0.1) is 16.6 Å². The lowest BCUT2D eigenvalue weighted by Crippen LogP contribution is -2.41. The summed E-state index contributed by atoms with van der Waals surface area (Å²) in [6, 6.07) is 12.9. The fourth-order valence-electron chi connectivity index (χ4n) is 3.28. The molecule has 4 nitrogen and oxygen atoms in total. The first-order chi connectivity index (χ1) is 13.5. The highest BCUT2D eigenvalue weighted by Crippen LogP contribution is 2.28. The van der Waals surface area contributed by atoms with E-state index in [2.05, 4.69) is 10.2 Å². The summed E-state index contributed by atoms with van der Waals surface area (Å²) in [7, 11) is 0. The summed E-state index contributed by atoms with van der Waals surface area (Å²) in [4.78, 5) is 14.7. The van der Waals surface area contributed by atoms with Gasteiger partial charge in [-0.3, -0.25) is 9.69 Å². The number of benzene rings is 2. The molecule has 1 saturated heterocycles. The summed E-state index contributed by atoms with van der Waals surface area (Å²) in [5.74, 6) is 0.883. The Morgan fingerprint density at radius 2 is 1.79 bits per heavy atom. The van der Waals surface area contributed by atoms with Crippen LogP contribution in [0.25, 0.3) is 0 Å². The quantitative estimate of drug-likeness (QED) is 0.611. The molecular formula is C21H23Cl3N2O2. The molecule has 1 N–H and O–H groups in total. The van der Waals surface area contributed by atoms with E-state index in [-0.39, 0.29) is 11.8 Å². The summed E-state index contributed by atoms with van der Waals surface area (Å²) in [5.41, 5.74) is 1.02. The van der Waals surface area contributed by atoms with Gasteiger partial charge >= 0.3 is 0 Å². The van der Waals surface area contributed by atoms with Gasteiger partial charge in [0.15, 0.2) is 0 Å². The first-order valence-electron chi connectivity index (χ1n) is 9.34. The molecule has 3 rings (SSSR count). The Hall–Kier alpha value is -1.46. The van der Waals surface area contributed by atoms with Crippen molar-refractivity contribution in [3.8, 4) is 5.75 Å². The van der Waals surface area contributed by atoms with Gasteiger partial charge in [-0.15, -0.1) is 0 Å². The van der Waals surface area contributed by atoms with Crippen LogP contribution in [-0.4, -0.2) is 37.0 Å². The number of ether oxygens (including phenoxy) is 1. The molecule has 28 heavy (non-hydrogen) atoms. The lowest BCUT2D eigenvalue weighted by molar-refractivity contribution is -0.126. The number of carbonyl (C=O) groups excluding carboxylic acids is 1. The second-order valence-corrected chi connectivity index (χ2v) is 8.08. The molecule has 1 amide bonds. The average molecular weight is 442 g/mol. The molecule has 1 heterocycles. The Morgan fingerprint density at radius 3 is 2.50 bits per heavy atom. The molecule has 0 spiro atoms. The fourth-order valence-corrected chi connectivity index (χ4v) is 3.79. The second kappa shape index (κ2) is 10.4. The third-order valence-corrected chi connectivity index (χ3v) is 5.98. The number of hydrogen-bond acceptors (Lipinski definition) is 3.